The Kier molecular flexibility index (Phi) is 4.45. The number of nitrogens with zero attached hydrogens (tertiary/aromatic N) is 4. The maximum atomic E-state index is 11.6. The highest BCUT2D eigenvalue weighted by Crippen LogP contribution is 2.32. The van der Waals surface area contributed by atoms with Gasteiger partial charge < -0.3 is 10.0 Å². The number of anilines is 1. The van der Waals surface area contributed by atoms with Crippen LogP contribution >= 0.6 is 0 Å². The van der Waals surface area contributed by atoms with Crippen molar-refractivity contribution in [2.45, 2.75) is 33.6 Å². The summed E-state index contributed by atoms with van der Waals surface area (Å²) < 4.78 is 1.70. The van der Waals surface area contributed by atoms with Crippen molar-refractivity contribution < 1.29 is 9.90 Å². The zero-order valence-electron chi connectivity index (χ0n) is 13.1. The van der Waals surface area contributed by atoms with E-state index in [9.17, 15) is 9.90 Å². The minimum Gasteiger partial charge on any atom is -0.478 e. The largest absolute Gasteiger partial charge is 0.478 e. The first-order valence-electron chi connectivity index (χ1n) is 7.31. The lowest BCUT2D eigenvalue weighted by Gasteiger charge is -2.25. The van der Waals surface area contributed by atoms with Crippen LogP contribution in [0.25, 0.3) is 11.0 Å². The maximum Gasteiger partial charge on any atom is 0.339 e. The third-order valence-electron chi connectivity index (χ3n) is 3.71. The van der Waals surface area contributed by atoms with Crippen LogP contribution in [0.15, 0.2) is 6.20 Å². The zero-order valence-corrected chi connectivity index (χ0v) is 13.1. The van der Waals surface area contributed by atoms with Crippen LogP contribution < -0.4 is 4.90 Å². The van der Waals surface area contributed by atoms with E-state index in [0.717, 1.165) is 48.3 Å². The number of aromatic nitrogens is 3. The molecular formula is C15H22N4O2. The average Bonchev–Trinajstić information content (AvgIpc) is 2.74. The quantitative estimate of drug-likeness (QED) is 0.885. The molecule has 0 aliphatic carbocycles. The topological polar surface area (TPSA) is 71.2 Å². The summed E-state index contributed by atoms with van der Waals surface area (Å²) in [5, 5.41) is 14.7. The van der Waals surface area contributed by atoms with E-state index in [1.165, 1.54) is 6.20 Å². The molecule has 0 saturated heterocycles. The monoisotopic (exact) mass is 290 g/mol. The van der Waals surface area contributed by atoms with Gasteiger partial charge in [0.1, 0.15) is 5.56 Å². The van der Waals surface area contributed by atoms with Crippen molar-refractivity contribution >= 4 is 22.7 Å². The second-order valence-corrected chi connectivity index (χ2v) is 5.17. The van der Waals surface area contributed by atoms with Crippen LogP contribution in [0.2, 0.25) is 0 Å². The summed E-state index contributed by atoms with van der Waals surface area (Å²) in [6.45, 7) is 7.66. The van der Waals surface area contributed by atoms with E-state index >= 15 is 0 Å². The summed E-state index contributed by atoms with van der Waals surface area (Å²) in [7, 11) is 1.83. The molecule has 0 aliphatic rings. The molecule has 114 valence electrons. The van der Waals surface area contributed by atoms with Crippen molar-refractivity contribution in [1.29, 1.82) is 0 Å². The number of fused-ring (bicyclic) bond motifs is 1. The Hall–Kier alpha value is -2.11. The first-order chi connectivity index (χ1) is 10.0. The zero-order chi connectivity index (χ0) is 15.6. The molecule has 21 heavy (non-hydrogen) atoms. The Balaban J connectivity index is 2.71. The molecule has 2 aromatic rings. The molecule has 0 unspecified atom stereocenters. The molecular weight excluding hydrogens is 268 g/mol. The van der Waals surface area contributed by atoms with Crippen molar-refractivity contribution in [2.75, 3.05) is 18.0 Å². The van der Waals surface area contributed by atoms with Crippen LogP contribution in [0.1, 0.15) is 42.7 Å². The second kappa shape index (κ2) is 6.11. The first-order valence-corrected chi connectivity index (χ1v) is 7.31. The van der Waals surface area contributed by atoms with E-state index in [0.29, 0.717) is 0 Å². The smallest absolute Gasteiger partial charge is 0.339 e. The van der Waals surface area contributed by atoms with Gasteiger partial charge in [-0.3, -0.25) is 4.68 Å². The first kappa shape index (κ1) is 15.3. The number of carboxylic acids is 1. The van der Waals surface area contributed by atoms with Gasteiger partial charge in [-0.05, 0) is 20.3 Å². The Morgan fingerprint density at radius 3 is 2.71 bits per heavy atom. The molecule has 0 bridgehead atoms. The summed E-state index contributed by atoms with van der Waals surface area (Å²) in [5.74, 6) is -0.947. The number of rotatable bonds is 6. The van der Waals surface area contributed by atoms with Gasteiger partial charge in [0.05, 0.1) is 16.8 Å². The van der Waals surface area contributed by atoms with E-state index < -0.39 is 5.97 Å². The summed E-state index contributed by atoms with van der Waals surface area (Å²) in [4.78, 5) is 18.0. The molecule has 1 N–H and O–H groups in total. The molecule has 2 aromatic heterocycles. The summed E-state index contributed by atoms with van der Waals surface area (Å²) in [6, 6.07) is 0. The molecule has 2 heterocycles. The number of carbonyl (C=O) groups is 1. The molecule has 0 fully saturated rings. The lowest BCUT2D eigenvalue weighted by molar-refractivity contribution is 0.0697. The second-order valence-electron chi connectivity index (χ2n) is 5.17. The molecule has 0 amide bonds. The molecule has 0 radical (unpaired) electrons. The highest BCUT2D eigenvalue weighted by Gasteiger charge is 2.22. The van der Waals surface area contributed by atoms with Crippen molar-refractivity contribution in [3.63, 3.8) is 0 Å². The van der Waals surface area contributed by atoms with E-state index in [4.69, 9.17) is 0 Å². The van der Waals surface area contributed by atoms with E-state index in [2.05, 4.69) is 21.9 Å². The number of pyridine rings is 1. The number of carboxylic acid groups (broad SMARTS) is 1. The van der Waals surface area contributed by atoms with Gasteiger partial charge in [-0.2, -0.15) is 5.10 Å². The SMILES string of the molecule is CCCCN(CC)c1c(C(=O)O)cnc2c1c(C)nn2C. The normalized spacial score (nSPS) is 11.0. The highest BCUT2D eigenvalue weighted by atomic mass is 16.4. The standard InChI is InChI=1S/C15H22N4O2/c1-5-7-8-19(6-2)13-11(15(20)21)9-16-14-12(13)10(3)17-18(14)4/h9H,5-8H2,1-4H3,(H,20,21). The molecule has 0 saturated carbocycles. The highest BCUT2D eigenvalue weighted by molar-refractivity contribution is 6.04. The fourth-order valence-electron chi connectivity index (χ4n) is 2.65. The summed E-state index contributed by atoms with van der Waals surface area (Å²) >= 11 is 0. The summed E-state index contributed by atoms with van der Waals surface area (Å²) in [6.07, 6.45) is 3.53. The van der Waals surface area contributed by atoms with E-state index in [-0.39, 0.29) is 5.56 Å². The number of unbranched alkanes of at least 4 members (excludes halogenated alkanes) is 1. The van der Waals surface area contributed by atoms with Crippen LogP contribution in [0.3, 0.4) is 0 Å². The van der Waals surface area contributed by atoms with Gasteiger partial charge in [0.15, 0.2) is 5.65 Å². The van der Waals surface area contributed by atoms with Gasteiger partial charge in [-0.1, -0.05) is 13.3 Å². The molecule has 6 heteroatoms. The average molecular weight is 290 g/mol. The van der Waals surface area contributed by atoms with Crippen molar-refractivity contribution in [2.24, 2.45) is 7.05 Å². The van der Waals surface area contributed by atoms with Crippen molar-refractivity contribution in [3.05, 3.63) is 17.5 Å². The third-order valence-corrected chi connectivity index (χ3v) is 3.71. The lowest BCUT2D eigenvalue weighted by Crippen LogP contribution is -2.26. The van der Waals surface area contributed by atoms with Crippen LogP contribution in [0.4, 0.5) is 5.69 Å². The van der Waals surface area contributed by atoms with Gasteiger partial charge in [0.25, 0.3) is 0 Å². The predicted octanol–water partition coefficient (Wildman–Crippen LogP) is 2.60. The maximum absolute atomic E-state index is 11.6. The molecule has 2 rings (SSSR count). The number of hydrogen-bond acceptors (Lipinski definition) is 4. The van der Waals surface area contributed by atoms with Crippen molar-refractivity contribution in [1.82, 2.24) is 14.8 Å². The number of aromatic carboxylic acids is 1. The van der Waals surface area contributed by atoms with Gasteiger partial charge in [-0.25, -0.2) is 9.78 Å². The minimum absolute atomic E-state index is 0.247. The van der Waals surface area contributed by atoms with Gasteiger partial charge in [-0.15, -0.1) is 0 Å². The fraction of sp³-hybridized carbons (Fsp3) is 0.533. The van der Waals surface area contributed by atoms with Gasteiger partial charge >= 0.3 is 5.97 Å². The third kappa shape index (κ3) is 2.70. The van der Waals surface area contributed by atoms with Crippen LogP contribution in [0.5, 0.6) is 0 Å². The van der Waals surface area contributed by atoms with E-state index in [1.54, 1.807) is 4.68 Å². The molecule has 6 nitrogen and oxygen atoms in total. The number of aryl methyl sites for hydroxylation is 2. The van der Waals surface area contributed by atoms with Crippen LogP contribution in [-0.2, 0) is 7.05 Å². The van der Waals surface area contributed by atoms with Gasteiger partial charge in [0.2, 0.25) is 0 Å². The molecule has 0 aromatic carbocycles. The van der Waals surface area contributed by atoms with Crippen molar-refractivity contribution in [3.8, 4) is 0 Å². The van der Waals surface area contributed by atoms with Crippen LogP contribution in [0, 0.1) is 6.92 Å². The lowest BCUT2D eigenvalue weighted by atomic mass is 10.1. The van der Waals surface area contributed by atoms with E-state index in [1.807, 2.05) is 20.9 Å². The minimum atomic E-state index is -0.947. The Labute approximate surface area is 124 Å². The Morgan fingerprint density at radius 2 is 2.14 bits per heavy atom. The molecule has 0 atom stereocenters. The Bertz CT molecular complexity index is 663. The van der Waals surface area contributed by atoms with Gasteiger partial charge in [0, 0.05) is 26.3 Å². The fourth-order valence-corrected chi connectivity index (χ4v) is 2.65. The summed E-state index contributed by atoms with van der Waals surface area (Å²) in [5.41, 5.74) is 2.53. The number of hydrogen-bond donors (Lipinski definition) is 1. The van der Waals surface area contributed by atoms with Crippen LogP contribution in [-0.4, -0.2) is 38.9 Å². The molecule has 0 aliphatic heterocycles. The predicted molar refractivity (Wildman–Crippen MR) is 83.0 cm³/mol. The Morgan fingerprint density at radius 1 is 1.43 bits per heavy atom. The molecule has 0 spiro atoms.